The number of esters is 1. The maximum absolute atomic E-state index is 13.0. The molecule has 0 unspecified atom stereocenters. The van der Waals surface area contributed by atoms with E-state index in [-0.39, 0.29) is 30.1 Å². The van der Waals surface area contributed by atoms with Crippen LogP contribution in [0, 0.1) is 10.1 Å². The van der Waals surface area contributed by atoms with Gasteiger partial charge in [-0.2, -0.15) is 5.10 Å². The summed E-state index contributed by atoms with van der Waals surface area (Å²) >= 11 is 0. The van der Waals surface area contributed by atoms with Crippen LogP contribution < -0.4 is 10.3 Å². The molecule has 9 nitrogen and oxygen atoms in total. The van der Waals surface area contributed by atoms with Crippen molar-refractivity contribution in [3.05, 3.63) is 110 Å². The molecule has 0 bridgehead atoms. The molecule has 0 aliphatic heterocycles. The number of hydrogen-bond acceptors (Lipinski definition) is 7. The lowest BCUT2D eigenvalue weighted by atomic mass is 10.1. The van der Waals surface area contributed by atoms with Crippen molar-refractivity contribution in [1.82, 2.24) is 9.78 Å². The number of benzene rings is 3. The van der Waals surface area contributed by atoms with Crippen LogP contribution in [-0.2, 0) is 17.9 Å². The Bertz CT molecular complexity index is 1400. The normalized spacial score (nSPS) is 10.7. The molecule has 4 rings (SSSR count). The van der Waals surface area contributed by atoms with Crippen molar-refractivity contribution in [3.8, 4) is 5.75 Å². The minimum absolute atomic E-state index is 0.0227. The second-order valence-corrected chi connectivity index (χ2v) is 7.17. The average Bonchev–Trinajstić information content (AvgIpc) is 2.84. The highest BCUT2D eigenvalue weighted by Crippen LogP contribution is 2.25. The number of carbonyl (C=O) groups excluding carboxylic acids is 1. The molecule has 33 heavy (non-hydrogen) atoms. The van der Waals surface area contributed by atoms with Crippen molar-refractivity contribution in [1.29, 1.82) is 0 Å². The first kappa shape index (κ1) is 21.7. The third-order valence-electron chi connectivity index (χ3n) is 5.07. The zero-order valence-corrected chi connectivity index (χ0v) is 17.6. The Morgan fingerprint density at radius 3 is 2.42 bits per heavy atom. The summed E-state index contributed by atoms with van der Waals surface area (Å²) in [6.07, 6.45) is 0. The van der Waals surface area contributed by atoms with Gasteiger partial charge >= 0.3 is 5.97 Å². The second kappa shape index (κ2) is 9.31. The Morgan fingerprint density at radius 1 is 1.03 bits per heavy atom. The van der Waals surface area contributed by atoms with Crippen LogP contribution >= 0.6 is 0 Å². The van der Waals surface area contributed by atoms with Crippen molar-refractivity contribution in [2.75, 3.05) is 7.11 Å². The molecule has 9 heteroatoms. The molecule has 0 atom stereocenters. The fourth-order valence-electron chi connectivity index (χ4n) is 3.45. The number of fused-ring (bicyclic) bond motifs is 1. The summed E-state index contributed by atoms with van der Waals surface area (Å²) in [6.45, 7) is -0.0823. The number of methoxy groups -OCH3 is 1. The first-order valence-corrected chi connectivity index (χ1v) is 10.00. The maximum Gasteiger partial charge on any atom is 0.359 e. The standard InChI is InChI=1S/C24H19N3O6/c1-32-21-12-11-18(27(30)31)13-17(21)15-33-24(29)22-19-9-5-6-10-20(19)23(28)26(25-22)14-16-7-3-2-4-8-16/h2-13H,14-15H2,1H3. The van der Waals surface area contributed by atoms with Gasteiger partial charge in [-0.3, -0.25) is 14.9 Å². The van der Waals surface area contributed by atoms with Gasteiger partial charge in [0, 0.05) is 23.1 Å². The second-order valence-electron chi connectivity index (χ2n) is 7.17. The van der Waals surface area contributed by atoms with E-state index in [0.717, 1.165) is 5.56 Å². The van der Waals surface area contributed by atoms with E-state index in [9.17, 15) is 19.7 Å². The molecular weight excluding hydrogens is 426 g/mol. The molecule has 0 spiro atoms. The molecule has 4 aromatic rings. The fourth-order valence-corrected chi connectivity index (χ4v) is 3.45. The third-order valence-corrected chi connectivity index (χ3v) is 5.07. The van der Waals surface area contributed by atoms with E-state index in [1.807, 2.05) is 30.3 Å². The SMILES string of the molecule is COc1ccc([N+](=O)[O-])cc1COC(=O)c1nn(Cc2ccccc2)c(=O)c2ccccc12. The quantitative estimate of drug-likeness (QED) is 0.242. The Hall–Kier alpha value is -4.53. The summed E-state index contributed by atoms with van der Waals surface area (Å²) < 4.78 is 11.9. The number of non-ortho nitro benzene ring substituents is 1. The Labute approximate surface area is 188 Å². The largest absolute Gasteiger partial charge is 0.496 e. The van der Waals surface area contributed by atoms with E-state index >= 15 is 0 Å². The molecule has 0 aliphatic rings. The van der Waals surface area contributed by atoms with E-state index in [1.54, 1.807) is 24.3 Å². The maximum atomic E-state index is 13.0. The van der Waals surface area contributed by atoms with Crippen LogP contribution in [0.2, 0.25) is 0 Å². The first-order valence-electron chi connectivity index (χ1n) is 10.00. The summed E-state index contributed by atoms with van der Waals surface area (Å²) in [4.78, 5) is 36.5. The number of nitro benzene ring substituents is 1. The van der Waals surface area contributed by atoms with Gasteiger partial charge in [0.2, 0.25) is 0 Å². The number of ether oxygens (including phenoxy) is 2. The number of nitro groups is 1. The smallest absolute Gasteiger partial charge is 0.359 e. The van der Waals surface area contributed by atoms with Gasteiger partial charge in [-0.1, -0.05) is 48.5 Å². The topological polar surface area (TPSA) is 114 Å². The molecule has 1 aromatic heterocycles. The number of carbonyl (C=O) groups is 1. The van der Waals surface area contributed by atoms with Crippen LogP contribution in [0.3, 0.4) is 0 Å². The lowest BCUT2D eigenvalue weighted by Crippen LogP contribution is -2.27. The van der Waals surface area contributed by atoms with Crippen LogP contribution in [0.4, 0.5) is 5.69 Å². The molecular formula is C24H19N3O6. The molecule has 0 saturated carbocycles. The molecule has 0 radical (unpaired) electrons. The van der Waals surface area contributed by atoms with Gasteiger partial charge in [-0.05, 0) is 17.7 Å². The van der Waals surface area contributed by atoms with Gasteiger partial charge in [-0.25, -0.2) is 9.48 Å². The molecule has 0 aliphatic carbocycles. The monoisotopic (exact) mass is 445 g/mol. The molecule has 0 saturated heterocycles. The van der Waals surface area contributed by atoms with E-state index in [1.165, 1.54) is 30.0 Å². The molecule has 3 aromatic carbocycles. The van der Waals surface area contributed by atoms with Gasteiger partial charge in [-0.15, -0.1) is 0 Å². The summed E-state index contributed by atoms with van der Waals surface area (Å²) in [5.41, 5.74) is 0.684. The molecule has 0 N–H and O–H groups in total. The van der Waals surface area contributed by atoms with Gasteiger partial charge in [0.25, 0.3) is 11.2 Å². The lowest BCUT2D eigenvalue weighted by Gasteiger charge is -2.12. The van der Waals surface area contributed by atoms with Gasteiger partial charge in [0.1, 0.15) is 12.4 Å². The Kier molecular flexibility index (Phi) is 6.12. The average molecular weight is 445 g/mol. The van der Waals surface area contributed by atoms with Crippen molar-refractivity contribution in [2.45, 2.75) is 13.2 Å². The van der Waals surface area contributed by atoms with Crippen LogP contribution in [0.15, 0.2) is 77.6 Å². The predicted octanol–water partition coefficient (Wildman–Crippen LogP) is 3.72. The van der Waals surface area contributed by atoms with Crippen molar-refractivity contribution < 1.29 is 19.2 Å². The van der Waals surface area contributed by atoms with E-state index in [0.29, 0.717) is 22.1 Å². The van der Waals surface area contributed by atoms with Crippen LogP contribution in [-0.4, -0.2) is 27.8 Å². The third kappa shape index (κ3) is 4.57. The van der Waals surface area contributed by atoms with Gasteiger partial charge < -0.3 is 9.47 Å². The highest BCUT2D eigenvalue weighted by molar-refractivity contribution is 6.02. The molecule has 1 heterocycles. The minimum atomic E-state index is -0.762. The molecule has 0 amide bonds. The van der Waals surface area contributed by atoms with Crippen LogP contribution in [0.1, 0.15) is 21.6 Å². The summed E-state index contributed by atoms with van der Waals surface area (Å²) in [6, 6.07) is 20.0. The fraction of sp³-hybridized carbons (Fsp3) is 0.125. The van der Waals surface area contributed by atoms with Crippen molar-refractivity contribution >= 4 is 22.4 Å². The Morgan fingerprint density at radius 2 is 1.73 bits per heavy atom. The van der Waals surface area contributed by atoms with Gasteiger partial charge in [0.05, 0.1) is 24.0 Å². The summed E-state index contributed by atoms with van der Waals surface area (Å²) in [7, 11) is 1.42. The van der Waals surface area contributed by atoms with Crippen LogP contribution in [0.25, 0.3) is 10.8 Å². The van der Waals surface area contributed by atoms with E-state index < -0.39 is 10.9 Å². The predicted molar refractivity (Wildman–Crippen MR) is 120 cm³/mol. The van der Waals surface area contributed by atoms with Crippen molar-refractivity contribution in [3.63, 3.8) is 0 Å². The highest BCUT2D eigenvalue weighted by atomic mass is 16.6. The van der Waals surface area contributed by atoms with Crippen LogP contribution in [0.5, 0.6) is 5.75 Å². The first-order chi connectivity index (χ1) is 16.0. The number of rotatable bonds is 7. The van der Waals surface area contributed by atoms with Gasteiger partial charge in [0.15, 0.2) is 5.69 Å². The number of hydrogen-bond donors (Lipinski definition) is 0. The Balaban J connectivity index is 1.68. The number of nitrogens with zero attached hydrogens (tertiary/aromatic N) is 3. The number of aromatic nitrogens is 2. The minimum Gasteiger partial charge on any atom is -0.496 e. The summed E-state index contributed by atoms with van der Waals surface area (Å²) in [5.74, 6) is -0.415. The lowest BCUT2D eigenvalue weighted by molar-refractivity contribution is -0.385. The zero-order valence-electron chi connectivity index (χ0n) is 17.6. The van der Waals surface area contributed by atoms with E-state index in [2.05, 4.69) is 5.10 Å². The molecule has 0 fully saturated rings. The highest BCUT2D eigenvalue weighted by Gasteiger charge is 2.20. The van der Waals surface area contributed by atoms with E-state index in [4.69, 9.17) is 9.47 Å². The van der Waals surface area contributed by atoms with Crippen molar-refractivity contribution in [2.24, 2.45) is 0 Å². The summed E-state index contributed by atoms with van der Waals surface area (Å²) in [5, 5.41) is 16.1. The molecule has 166 valence electrons. The zero-order chi connectivity index (χ0) is 23.4.